The molecule has 1 aliphatic heterocycles. The van der Waals surface area contributed by atoms with Crippen molar-refractivity contribution >= 4 is 56.3 Å². The number of benzene rings is 2. The summed E-state index contributed by atoms with van der Waals surface area (Å²) in [6, 6.07) is 9.31. The standard InChI is InChI=1S/C20H19BrClFN2O3S/c1-12(26)16-8-13(22)2-5-19(16)28-11-15-10-25(6-7-27-15)20(29)24-18-4-3-14(23)9-17(18)21/h2-5,8-9,15H,6-7,10-11H2,1H3,(H,24,29). The van der Waals surface area contributed by atoms with Crippen molar-refractivity contribution in [2.75, 3.05) is 31.6 Å². The minimum Gasteiger partial charge on any atom is -0.490 e. The monoisotopic (exact) mass is 500 g/mol. The molecule has 1 heterocycles. The van der Waals surface area contributed by atoms with Crippen LogP contribution < -0.4 is 10.1 Å². The number of nitrogens with zero attached hydrogens (tertiary/aromatic N) is 1. The highest BCUT2D eigenvalue weighted by Crippen LogP contribution is 2.25. The molecule has 0 saturated carbocycles. The van der Waals surface area contributed by atoms with Crippen LogP contribution in [-0.4, -0.2) is 48.2 Å². The summed E-state index contributed by atoms with van der Waals surface area (Å²) in [7, 11) is 0. The highest BCUT2D eigenvalue weighted by atomic mass is 79.9. The highest BCUT2D eigenvalue weighted by molar-refractivity contribution is 9.10. The zero-order valence-electron chi connectivity index (χ0n) is 15.6. The molecular weight excluding hydrogens is 483 g/mol. The SMILES string of the molecule is CC(=O)c1cc(Cl)ccc1OCC1CN(C(=S)Nc2ccc(F)cc2Br)CCO1. The van der Waals surface area contributed by atoms with Gasteiger partial charge in [0.05, 0.1) is 17.9 Å². The van der Waals surface area contributed by atoms with Gasteiger partial charge in [0, 0.05) is 22.6 Å². The van der Waals surface area contributed by atoms with E-state index in [0.29, 0.717) is 51.3 Å². The number of hydrogen-bond acceptors (Lipinski definition) is 4. The van der Waals surface area contributed by atoms with E-state index < -0.39 is 0 Å². The molecule has 2 aromatic rings. The normalized spacial score (nSPS) is 16.4. The lowest BCUT2D eigenvalue weighted by atomic mass is 10.1. The highest BCUT2D eigenvalue weighted by Gasteiger charge is 2.24. The second-order valence-corrected chi connectivity index (χ2v) is 8.18. The van der Waals surface area contributed by atoms with E-state index in [1.165, 1.54) is 19.1 Å². The van der Waals surface area contributed by atoms with E-state index in [4.69, 9.17) is 33.3 Å². The van der Waals surface area contributed by atoms with Crippen molar-refractivity contribution in [1.29, 1.82) is 0 Å². The molecular formula is C20H19BrClFN2O3S. The fourth-order valence-electron chi connectivity index (χ4n) is 2.88. The molecule has 0 radical (unpaired) electrons. The molecule has 1 atom stereocenters. The molecule has 9 heteroatoms. The van der Waals surface area contributed by atoms with Crippen molar-refractivity contribution in [2.45, 2.75) is 13.0 Å². The zero-order valence-corrected chi connectivity index (χ0v) is 18.7. The maximum atomic E-state index is 13.3. The number of carbonyl (C=O) groups is 1. The quantitative estimate of drug-likeness (QED) is 0.464. The van der Waals surface area contributed by atoms with E-state index >= 15 is 0 Å². The minimum atomic E-state index is -0.330. The zero-order chi connectivity index (χ0) is 21.0. The van der Waals surface area contributed by atoms with Gasteiger partial charge in [-0.2, -0.15) is 0 Å². The van der Waals surface area contributed by atoms with Crippen LogP contribution in [0.1, 0.15) is 17.3 Å². The molecule has 2 aromatic carbocycles. The van der Waals surface area contributed by atoms with Crippen LogP contribution in [0.25, 0.3) is 0 Å². The van der Waals surface area contributed by atoms with Crippen LogP contribution in [0.5, 0.6) is 5.75 Å². The van der Waals surface area contributed by atoms with Gasteiger partial charge >= 0.3 is 0 Å². The van der Waals surface area contributed by atoms with Gasteiger partial charge in [0.25, 0.3) is 0 Å². The lowest BCUT2D eigenvalue weighted by molar-refractivity contribution is -0.0281. The van der Waals surface area contributed by atoms with Gasteiger partial charge in [-0.1, -0.05) is 11.6 Å². The van der Waals surface area contributed by atoms with Crippen molar-refractivity contribution in [2.24, 2.45) is 0 Å². The van der Waals surface area contributed by atoms with Gasteiger partial charge in [0.2, 0.25) is 0 Å². The number of Topliss-reactive ketones (excluding diaryl/α,β-unsaturated/α-hetero) is 1. The van der Waals surface area contributed by atoms with Crippen molar-refractivity contribution < 1.29 is 18.7 Å². The molecule has 5 nitrogen and oxygen atoms in total. The summed E-state index contributed by atoms with van der Waals surface area (Å²) in [5.74, 6) is 0.0200. The van der Waals surface area contributed by atoms with Crippen molar-refractivity contribution in [3.8, 4) is 5.75 Å². The molecule has 1 saturated heterocycles. The van der Waals surface area contributed by atoms with Gasteiger partial charge in [-0.3, -0.25) is 4.79 Å². The number of anilines is 1. The van der Waals surface area contributed by atoms with E-state index in [0.717, 1.165) is 0 Å². The molecule has 1 N–H and O–H groups in total. The first-order valence-electron chi connectivity index (χ1n) is 8.89. The molecule has 1 fully saturated rings. The predicted molar refractivity (Wildman–Crippen MR) is 119 cm³/mol. The molecule has 0 aromatic heterocycles. The van der Waals surface area contributed by atoms with Crippen LogP contribution in [0, 0.1) is 5.82 Å². The van der Waals surface area contributed by atoms with Crippen LogP contribution in [-0.2, 0) is 4.74 Å². The van der Waals surface area contributed by atoms with E-state index in [9.17, 15) is 9.18 Å². The molecule has 0 spiro atoms. The Bertz CT molecular complexity index is 931. The molecule has 154 valence electrons. The Kier molecular flexibility index (Phi) is 7.45. The number of morpholine rings is 1. The third-order valence-corrected chi connectivity index (χ3v) is 5.60. The Labute approximate surface area is 187 Å². The lowest BCUT2D eigenvalue weighted by Crippen LogP contribution is -2.49. The molecule has 0 bridgehead atoms. The summed E-state index contributed by atoms with van der Waals surface area (Å²) in [5, 5.41) is 4.11. The molecule has 1 unspecified atom stereocenters. The smallest absolute Gasteiger partial charge is 0.173 e. The second kappa shape index (κ2) is 9.84. The van der Waals surface area contributed by atoms with E-state index in [-0.39, 0.29) is 24.3 Å². The summed E-state index contributed by atoms with van der Waals surface area (Å²) in [6.45, 7) is 3.37. The number of carbonyl (C=O) groups excluding carboxylic acids is 1. The Morgan fingerprint density at radius 1 is 1.41 bits per heavy atom. The third-order valence-electron chi connectivity index (χ3n) is 4.34. The first-order valence-corrected chi connectivity index (χ1v) is 10.5. The number of thiocarbonyl (C=S) groups is 1. The average molecular weight is 502 g/mol. The Morgan fingerprint density at radius 2 is 2.21 bits per heavy atom. The lowest BCUT2D eigenvalue weighted by Gasteiger charge is -2.34. The first kappa shape index (κ1) is 22.0. The average Bonchev–Trinajstić information content (AvgIpc) is 2.69. The summed E-state index contributed by atoms with van der Waals surface area (Å²) in [6.07, 6.45) is -0.226. The summed E-state index contributed by atoms with van der Waals surface area (Å²) in [4.78, 5) is 13.8. The number of ether oxygens (including phenoxy) is 2. The fourth-order valence-corrected chi connectivity index (χ4v) is 3.77. The third kappa shape index (κ3) is 5.88. The predicted octanol–water partition coefficient (Wildman–Crippen LogP) is 4.92. The van der Waals surface area contributed by atoms with Gasteiger partial charge in [-0.15, -0.1) is 0 Å². The molecule has 0 aliphatic carbocycles. The number of nitrogens with one attached hydrogen (secondary N) is 1. The van der Waals surface area contributed by atoms with E-state index in [1.807, 2.05) is 4.90 Å². The first-order chi connectivity index (χ1) is 13.8. The molecule has 1 aliphatic rings. The van der Waals surface area contributed by atoms with E-state index in [2.05, 4.69) is 21.2 Å². The summed E-state index contributed by atoms with van der Waals surface area (Å²) < 4.78 is 25.4. The number of rotatable bonds is 5. The topological polar surface area (TPSA) is 50.8 Å². The number of halogens is 3. The molecule has 0 amide bonds. The van der Waals surface area contributed by atoms with Crippen molar-refractivity contribution in [3.05, 3.63) is 57.3 Å². The maximum absolute atomic E-state index is 13.3. The van der Waals surface area contributed by atoms with Gasteiger partial charge in [0.15, 0.2) is 10.9 Å². The van der Waals surface area contributed by atoms with Gasteiger partial charge in [-0.25, -0.2) is 4.39 Å². The largest absolute Gasteiger partial charge is 0.490 e. The summed E-state index contributed by atoms with van der Waals surface area (Å²) in [5.41, 5.74) is 1.12. The van der Waals surface area contributed by atoms with Crippen LogP contribution >= 0.6 is 39.7 Å². The maximum Gasteiger partial charge on any atom is 0.173 e. The number of ketones is 1. The van der Waals surface area contributed by atoms with Crippen LogP contribution in [0.4, 0.5) is 10.1 Å². The minimum absolute atomic E-state index is 0.121. The Balaban J connectivity index is 1.59. The van der Waals surface area contributed by atoms with Crippen molar-refractivity contribution in [3.63, 3.8) is 0 Å². The fraction of sp³-hybridized carbons (Fsp3) is 0.300. The van der Waals surface area contributed by atoms with E-state index in [1.54, 1.807) is 24.3 Å². The molecule has 29 heavy (non-hydrogen) atoms. The Morgan fingerprint density at radius 3 is 2.93 bits per heavy atom. The number of hydrogen-bond donors (Lipinski definition) is 1. The molecule has 3 rings (SSSR count). The van der Waals surface area contributed by atoms with Gasteiger partial charge in [0.1, 0.15) is 24.3 Å². The summed E-state index contributed by atoms with van der Waals surface area (Å²) >= 11 is 14.8. The Hall–Kier alpha value is -1.74. The van der Waals surface area contributed by atoms with Gasteiger partial charge < -0.3 is 19.7 Å². The second-order valence-electron chi connectivity index (χ2n) is 6.50. The van der Waals surface area contributed by atoms with Crippen LogP contribution in [0.15, 0.2) is 40.9 Å². The van der Waals surface area contributed by atoms with Crippen LogP contribution in [0.3, 0.4) is 0 Å². The van der Waals surface area contributed by atoms with Gasteiger partial charge in [-0.05, 0) is 71.5 Å². The van der Waals surface area contributed by atoms with Crippen molar-refractivity contribution in [1.82, 2.24) is 4.90 Å². The van der Waals surface area contributed by atoms with Crippen LogP contribution in [0.2, 0.25) is 5.02 Å².